The van der Waals surface area contributed by atoms with Gasteiger partial charge in [-0.15, -0.1) is 0 Å². The number of rotatable bonds is 5. The molecule has 2 amide bonds. The molecule has 8 heteroatoms. The molecule has 0 aliphatic carbocycles. The number of carbonyl (C=O) groups is 2. The first-order chi connectivity index (χ1) is 15.0. The molecule has 7 nitrogen and oxygen atoms in total. The SMILES string of the molecule is O=C1c2ccccc2C(=O)N1CCc1nc2ccccc2n1S(=O)(=O)c1ccccc1. The number of fused-ring (bicyclic) bond motifs is 2. The zero-order chi connectivity index (χ0) is 21.6. The highest BCUT2D eigenvalue weighted by Gasteiger charge is 2.35. The van der Waals surface area contributed by atoms with Crippen LogP contribution in [0.3, 0.4) is 0 Å². The highest BCUT2D eigenvalue weighted by atomic mass is 32.2. The summed E-state index contributed by atoms with van der Waals surface area (Å²) in [7, 11) is -3.91. The van der Waals surface area contributed by atoms with Gasteiger partial charge in [0.05, 0.1) is 27.1 Å². The lowest BCUT2D eigenvalue weighted by atomic mass is 10.1. The Labute approximate surface area is 178 Å². The third-order valence-corrected chi connectivity index (χ3v) is 7.06. The average Bonchev–Trinajstić information content (AvgIpc) is 3.29. The lowest BCUT2D eigenvalue weighted by Crippen LogP contribution is -2.32. The number of amides is 2. The van der Waals surface area contributed by atoms with Gasteiger partial charge >= 0.3 is 0 Å². The van der Waals surface area contributed by atoms with Gasteiger partial charge in [-0.05, 0) is 36.4 Å². The number of hydrogen-bond donors (Lipinski definition) is 0. The van der Waals surface area contributed by atoms with E-state index in [0.29, 0.717) is 22.2 Å². The molecule has 2 heterocycles. The lowest BCUT2D eigenvalue weighted by molar-refractivity contribution is 0.0655. The minimum Gasteiger partial charge on any atom is -0.274 e. The summed E-state index contributed by atoms with van der Waals surface area (Å²) < 4.78 is 28.0. The fraction of sp³-hybridized carbons (Fsp3) is 0.0870. The van der Waals surface area contributed by atoms with E-state index in [0.717, 1.165) is 4.90 Å². The summed E-state index contributed by atoms with van der Waals surface area (Å²) >= 11 is 0. The Morgan fingerprint density at radius 3 is 2.00 bits per heavy atom. The lowest BCUT2D eigenvalue weighted by Gasteiger charge is -2.15. The van der Waals surface area contributed by atoms with Gasteiger partial charge in [-0.3, -0.25) is 14.5 Å². The standard InChI is InChI=1S/C23H17N3O4S/c27-22-17-10-4-5-11-18(17)23(28)25(22)15-14-21-24-19-12-6-7-13-20(19)26(21)31(29,30)16-8-2-1-3-9-16/h1-13H,14-15H2. The van der Waals surface area contributed by atoms with Gasteiger partial charge in [-0.25, -0.2) is 17.4 Å². The van der Waals surface area contributed by atoms with Crippen LogP contribution >= 0.6 is 0 Å². The average molecular weight is 431 g/mol. The van der Waals surface area contributed by atoms with E-state index in [4.69, 9.17) is 0 Å². The molecule has 4 aromatic rings. The number of hydrogen-bond acceptors (Lipinski definition) is 5. The number of para-hydroxylation sites is 2. The fourth-order valence-electron chi connectivity index (χ4n) is 3.83. The predicted octanol–water partition coefficient (Wildman–Crippen LogP) is 3.11. The van der Waals surface area contributed by atoms with Gasteiger partial charge in [0.15, 0.2) is 0 Å². The summed E-state index contributed by atoms with van der Waals surface area (Å²) in [4.78, 5) is 31.1. The molecule has 0 saturated carbocycles. The van der Waals surface area contributed by atoms with E-state index in [1.807, 2.05) is 0 Å². The second kappa shape index (κ2) is 7.17. The van der Waals surface area contributed by atoms with Crippen LogP contribution in [0.25, 0.3) is 11.0 Å². The number of imide groups is 1. The maximum atomic E-state index is 13.4. The minimum absolute atomic E-state index is 0.0278. The molecule has 1 aromatic heterocycles. The number of imidazole rings is 1. The van der Waals surface area contributed by atoms with Gasteiger partial charge in [0.1, 0.15) is 5.82 Å². The molecule has 1 aliphatic heterocycles. The molecular weight excluding hydrogens is 414 g/mol. The third-order valence-electron chi connectivity index (χ3n) is 5.30. The van der Waals surface area contributed by atoms with Crippen molar-refractivity contribution in [2.45, 2.75) is 11.3 Å². The summed E-state index contributed by atoms with van der Waals surface area (Å²) in [5.41, 5.74) is 1.69. The van der Waals surface area contributed by atoms with Gasteiger partial charge in [0, 0.05) is 13.0 Å². The van der Waals surface area contributed by atoms with E-state index in [2.05, 4.69) is 4.98 Å². The first-order valence-corrected chi connectivity index (χ1v) is 11.1. The number of nitrogens with zero attached hydrogens (tertiary/aromatic N) is 3. The predicted molar refractivity (Wildman–Crippen MR) is 114 cm³/mol. The molecule has 0 spiro atoms. The van der Waals surface area contributed by atoms with Crippen LogP contribution in [-0.2, 0) is 16.4 Å². The normalized spacial score (nSPS) is 13.7. The molecule has 0 atom stereocenters. The largest absolute Gasteiger partial charge is 0.274 e. The molecular formula is C23H17N3O4S. The molecule has 0 saturated heterocycles. The van der Waals surface area contributed by atoms with Crippen molar-refractivity contribution in [2.24, 2.45) is 0 Å². The highest BCUT2D eigenvalue weighted by Crippen LogP contribution is 2.26. The van der Waals surface area contributed by atoms with Gasteiger partial charge in [0.2, 0.25) is 0 Å². The monoisotopic (exact) mass is 431 g/mol. The third kappa shape index (κ3) is 3.03. The molecule has 0 bridgehead atoms. The zero-order valence-corrected chi connectivity index (χ0v) is 17.1. The van der Waals surface area contributed by atoms with Crippen molar-refractivity contribution in [1.82, 2.24) is 13.9 Å². The van der Waals surface area contributed by atoms with Gasteiger partial charge in [-0.1, -0.05) is 42.5 Å². The zero-order valence-electron chi connectivity index (χ0n) is 16.3. The number of benzene rings is 3. The molecule has 0 radical (unpaired) electrons. The quantitative estimate of drug-likeness (QED) is 0.453. The summed E-state index contributed by atoms with van der Waals surface area (Å²) in [5, 5.41) is 0. The van der Waals surface area contributed by atoms with Crippen LogP contribution in [0.1, 0.15) is 26.5 Å². The van der Waals surface area contributed by atoms with Crippen LogP contribution in [0.4, 0.5) is 0 Å². The molecule has 0 unspecified atom stereocenters. The minimum atomic E-state index is -3.91. The Morgan fingerprint density at radius 1 is 0.742 bits per heavy atom. The summed E-state index contributed by atoms with van der Waals surface area (Å²) in [6, 6.07) is 21.7. The van der Waals surface area contributed by atoms with Crippen molar-refractivity contribution in [2.75, 3.05) is 6.54 Å². The van der Waals surface area contributed by atoms with Crippen molar-refractivity contribution in [3.8, 4) is 0 Å². The van der Waals surface area contributed by atoms with E-state index < -0.39 is 10.0 Å². The smallest absolute Gasteiger partial charge is 0.269 e. The molecule has 0 N–H and O–H groups in total. The molecule has 5 rings (SSSR count). The Kier molecular flexibility index (Phi) is 4.44. The van der Waals surface area contributed by atoms with Crippen LogP contribution in [0.2, 0.25) is 0 Å². The van der Waals surface area contributed by atoms with E-state index in [9.17, 15) is 18.0 Å². The Hall–Kier alpha value is -3.78. The van der Waals surface area contributed by atoms with Crippen LogP contribution in [0, 0.1) is 0 Å². The molecule has 0 fully saturated rings. The molecule has 31 heavy (non-hydrogen) atoms. The van der Waals surface area contributed by atoms with Crippen LogP contribution in [-0.4, -0.2) is 40.6 Å². The van der Waals surface area contributed by atoms with E-state index in [-0.39, 0.29) is 35.5 Å². The van der Waals surface area contributed by atoms with Crippen LogP contribution < -0.4 is 0 Å². The van der Waals surface area contributed by atoms with Crippen molar-refractivity contribution >= 4 is 32.9 Å². The fourth-order valence-corrected chi connectivity index (χ4v) is 5.37. The number of aromatic nitrogens is 2. The maximum Gasteiger partial charge on any atom is 0.269 e. The van der Waals surface area contributed by atoms with Gasteiger partial charge < -0.3 is 0 Å². The first-order valence-electron chi connectivity index (χ1n) is 9.71. The highest BCUT2D eigenvalue weighted by molar-refractivity contribution is 7.90. The molecule has 3 aromatic carbocycles. The summed E-state index contributed by atoms with van der Waals surface area (Å²) in [6.07, 6.45) is 0.103. The van der Waals surface area contributed by atoms with E-state index in [1.54, 1.807) is 66.7 Å². The van der Waals surface area contributed by atoms with Crippen molar-refractivity contribution in [3.05, 3.63) is 95.8 Å². The number of carbonyl (C=O) groups excluding carboxylic acids is 2. The maximum absolute atomic E-state index is 13.4. The molecule has 1 aliphatic rings. The molecule has 154 valence electrons. The topological polar surface area (TPSA) is 89.3 Å². The summed E-state index contributed by atoms with van der Waals surface area (Å²) in [6.45, 7) is 0.0278. The van der Waals surface area contributed by atoms with Crippen molar-refractivity contribution in [1.29, 1.82) is 0 Å². The Balaban J connectivity index is 1.54. The van der Waals surface area contributed by atoms with E-state index in [1.165, 1.54) is 16.1 Å². The summed E-state index contributed by atoms with van der Waals surface area (Å²) in [5.74, 6) is -0.495. The van der Waals surface area contributed by atoms with Gasteiger partial charge in [-0.2, -0.15) is 0 Å². The first kappa shape index (κ1) is 19.2. The van der Waals surface area contributed by atoms with E-state index >= 15 is 0 Å². The Bertz CT molecular complexity index is 1410. The van der Waals surface area contributed by atoms with Crippen LogP contribution in [0.15, 0.2) is 83.8 Å². The van der Waals surface area contributed by atoms with Crippen molar-refractivity contribution in [3.63, 3.8) is 0 Å². The van der Waals surface area contributed by atoms with Gasteiger partial charge in [0.25, 0.3) is 21.8 Å². The Morgan fingerprint density at radius 2 is 1.32 bits per heavy atom. The van der Waals surface area contributed by atoms with Crippen molar-refractivity contribution < 1.29 is 18.0 Å². The second-order valence-electron chi connectivity index (χ2n) is 7.16. The second-order valence-corrected chi connectivity index (χ2v) is 8.94. The van der Waals surface area contributed by atoms with Crippen LogP contribution in [0.5, 0.6) is 0 Å².